The number of carbonyl (C=O) groups is 2. The molecule has 2 aromatic rings. The first kappa shape index (κ1) is 24.8. The zero-order chi connectivity index (χ0) is 24.8. The normalized spacial score (nSPS) is 20.7. The van der Waals surface area contributed by atoms with Crippen molar-refractivity contribution in [3.8, 4) is 6.07 Å². The van der Waals surface area contributed by atoms with E-state index in [2.05, 4.69) is 15.5 Å². The minimum absolute atomic E-state index is 0.0456. The first-order valence-corrected chi connectivity index (χ1v) is 12.2. The Balaban J connectivity index is 1.31. The molecule has 1 saturated carbocycles. The van der Waals surface area contributed by atoms with Crippen LogP contribution in [0.4, 0.5) is 4.39 Å². The number of amides is 2. The molecule has 0 aromatic heterocycles. The average Bonchev–Trinajstić information content (AvgIpc) is 3.66. The molecule has 2 amide bonds. The van der Waals surface area contributed by atoms with E-state index in [9.17, 15) is 14.0 Å². The van der Waals surface area contributed by atoms with Crippen molar-refractivity contribution in [2.24, 2.45) is 0 Å². The summed E-state index contributed by atoms with van der Waals surface area (Å²) in [5.74, 6) is -0.184. The molecule has 1 heterocycles. The maximum absolute atomic E-state index is 13.3. The highest BCUT2D eigenvalue weighted by atomic mass is 19.1. The lowest BCUT2D eigenvalue weighted by Gasteiger charge is -2.34. The van der Waals surface area contributed by atoms with Gasteiger partial charge in [-0.3, -0.25) is 9.59 Å². The van der Waals surface area contributed by atoms with Crippen molar-refractivity contribution < 1.29 is 14.0 Å². The van der Waals surface area contributed by atoms with Gasteiger partial charge in [-0.05, 0) is 74.8 Å². The summed E-state index contributed by atoms with van der Waals surface area (Å²) in [6.45, 7) is 3.67. The third-order valence-corrected chi connectivity index (χ3v) is 6.86. The molecule has 0 radical (unpaired) electrons. The van der Waals surface area contributed by atoms with E-state index in [0.717, 1.165) is 38.0 Å². The number of benzene rings is 2. The molecule has 184 valence electrons. The molecule has 0 unspecified atom stereocenters. The van der Waals surface area contributed by atoms with Crippen LogP contribution in [0.3, 0.4) is 0 Å². The highest BCUT2D eigenvalue weighted by Crippen LogP contribution is 2.40. The number of nitriles is 1. The van der Waals surface area contributed by atoms with Crippen molar-refractivity contribution in [1.29, 1.82) is 5.26 Å². The van der Waals surface area contributed by atoms with E-state index in [0.29, 0.717) is 42.6 Å². The van der Waals surface area contributed by atoms with E-state index in [1.165, 1.54) is 12.1 Å². The summed E-state index contributed by atoms with van der Waals surface area (Å²) in [6, 6.07) is 14.9. The smallest absolute Gasteiger partial charge is 0.251 e. The van der Waals surface area contributed by atoms with E-state index in [1.807, 2.05) is 30.1 Å². The second kappa shape index (κ2) is 11.4. The Bertz CT molecular complexity index is 1060. The van der Waals surface area contributed by atoms with Crippen LogP contribution in [0.15, 0.2) is 48.5 Å². The van der Waals surface area contributed by atoms with Gasteiger partial charge in [0.1, 0.15) is 11.9 Å². The van der Waals surface area contributed by atoms with Crippen LogP contribution in [0.1, 0.15) is 46.7 Å². The summed E-state index contributed by atoms with van der Waals surface area (Å²) in [5.41, 5.74) is 2.05. The largest absolute Gasteiger partial charge is 0.340 e. The average molecular weight is 478 g/mol. The second-order valence-corrected chi connectivity index (χ2v) is 9.44. The Morgan fingerprint density at radius 1 is 1.09 bits per heavy atom. The van der Waals surface area contributed by atoms with Gasteiger partial charge in [-0.25, -0.2) is 4.39 Å². The molecule has 1 aliphatic heterocycles. The predicted octanol–water partition coefficient (Wildman–Crippen LogP) is 2.50. The van der Waals surface area contributed by atoms with Crippen LogP contribution in [0.2, 0.25) is 0 Å². The lowest BCUT2D eigenvalue weighted by molar-refractivity contribution is -0.135. The van der Waals surface area contributed by atoms with Crippen molar-refractivity contribution in [1.82, 2.24) is 20.4 Å². The van der Waals surface area contributed by atoms with Crippen molar-refractivity contribution >= 4 is 11.8 Å². The van der Waals surface area contributed by atoms with Gasteiger partial charge in [0.2, 0.25) is 5.91 Å². The van der Waals surface area contributed by atoms with Gasteiger partial charge in [-0.1, -0.05) is 12.1 Å². The van der Waals surface area contributed by atoms with Crippen LogP contribution >= 0.6 is 0 Å². The molecule has 4 rings (SSSR count). The number of carbonyl (C=O) groups excluding carboxylic acids is 2. The van der Waals surface area contributed by atoms with E-state index in [-0.39, 0.29) is 17.6 Å². The van der Waals surface area contributed by atoms with E-state index >= 15 is 0 Å². The topological polar surface area (TPSA) is 88.5 Å². The highest BCUT2D eigenvalue weighted by Gasteiger charge is 2.37. The van der Waals surface area contributed by atoms with Gasteiger partial charge in [0.05, 0.1) is 11.6 Å². The molecule has 2 N–H and O–H groups in total. The molecular weight excluding hydrogens is 445 g/mol. The molecule has 2 fully saturated rings. The SMILES string of the molecule is CN1CCN(C(=O)[C@H](CCCN[C@@H]2C[C@H]2c2ccc(F)cc2)NC(=O)c2ccc(C#N)cc2)CC1. The van der Waals surface area contributed by atoms with Gasteiger partial charge in [0.15, 0.2) is 0 Å². The fourth-order valence-electron chi connectivity index (χ4n) is 4.53. The number of likely N-dealkylation sites (N-methyl/N-ethyl adjacent to an activating group) is 1. The molecule has 0 spiro atoms. The summed E-state index contributed by atoms with van der Waals surface area (Å²) in [6.07, 6.45) is 2.29. The molecule has 35 heavy (non-hydrogen) atoms. The first-order valence-electron chi connectivity index (χ1n) is 12.2. The van der Waals surface area contributed by atoms with Crippen LogP contribution in [-0.2, 0) is 4.79 Å². The third-order valence-electron chi connectivity index (χ3n) is 6.86. The number of rotatable bonds is 9. The van der Waals surface area contributed by atoms with Gasteiger partial charge in [-0.15, -0.1) is 0 Å². The maximum atomic E-state index is 13.3. The van der Waals surface area contributed by atoms with Crippen LogP contribution in [0, 0.1) is 17.1 Å². The molecule has 3 atom stereocenters. The molecule has 1 saturated heterocycles. The minimum atomic E-state index is -0.601. The summed E-state index contributed by atoms with van der Waals surface area (Å²) in [7, 11) is 2.04. The van der Waals surface area contributed by atoms with Crippen LogP contribution < -0.4 is 10.6 Å². The molecule has 0 bridgehead atoms. The Kier molecular flexibility index (Phi) is 8.11. The van der Waals surface area contributed by atoms with Crippen LogP contribution in [0.25, 0.3) is 0 Å². The Hall–Kier alpha value is -3.28. The van der Waals surface area contributed by atoms with E-state index in [1.54, 1.807) is 24.3 Å². The Morgan fingerprint density at radius 2 is 1.77 bits per heavy atom. The monoisotopic (exact) mass is 477 g/mol. The maximum Gasteiger partial charge on any atom is 0.251 e. The summed E-state index contributed by atoms with van der Waals surface area (Å²) < 4.78 is 13.2. The lowest BCUT2D eigenvalue weighted by atomic mass is 10.1. The summed E-state index contributed by atoms with van der Waals surface area (Å²) in [5, 5.41) is 15.4. The van der Waals surface area contributed by atoms with Crippen molar-refractivity contribution in [3.63, 3.8) is 0 Å². The molecule has 2 aliphatic rings. The molecular formula is C27H32FN5O2. The van der Waals surface area contributed by atoms with Crippen LogP contribution in [-0.4, -0.2) is 73.5 Å². The van der Waals surface area contributed by atoms with Gasteiger partial charge in [-0.2, -0.15) is 5.26 Å². The first-order chi connectivity index (χ1) is 16.9. The Labute approximate surface area is 205 Å². The number of nitrogens with zero attached hydrogens (tertiary/aromatic N) is 3. The zero-order valence-electron chi connectivity index (χ0n) is 20.0. The standard InChI is InChI=1S/C27H32FN5O2/c1-32-13-15-33(16-14-32)27(35)24(31-26(34)21-6-4-19(18-29)5-7-21)3-2-12-30-25-17-23(25)20-8-10-22(28)11-9-20/h4-11,23-25,30H,2-3,12-17H2,1H3,(H,31,34)/t23-,24-,25+/m0/s1. The molecule has 1 aliphatic carbocycles. The quantitative estimate of drug-likeness (QED) is 0.542. The van der Waals surface area contributed by atoms with Crippen LogP contribution in [0.5, 0.6) is 0 Å². The summed E-state index contributed by atoms with van der Waals surface area (Å²) >= 11 is 0. The van der Waals surface area contributed by atoms with Gasteiger partial charge >= 0.3 is 0 Å². The van der Waals surface area contributed by atoms with Crippen molar-refractivity contribution in [2.45, 2.75) is 37.3 Å². The summed E-state index contributed by atoms with van der Waals surface area (Å²) in [4.78, 5) is 30.2. The predicted molar refractivity (Wildman–Crippen MR) is 131 cm³/mol. The Morgan fingerprint density at radius 3 is 2.43 bits per heavy atom. The number of hydrogen-bond donors (Lipinski definition) is 2. The van der Waals surface area contributed by atoms with Gasteiger partial charge < -0.3 is 20.4 Å². The highest BCUT2D eigenvalue weighted by molar-refractivity contribution is 5.97. The number of halogens is 1. The fourth-order valence-corrected chi connectivity index (χ4v) is 4.53. The molecule has 7 nitrogen and oxygen atoms in total. The number of hydrogen-bond acceptors (Lipinski definition) is 5. The number of nitrogens with one attached hydrogen (secondary N) is 2. The van der Waals surface area contributed by atoms with E-state index < -0.39 is 6.04 Å². The van der Waals surface area contributed by atoms with E-state index in [4.69, 9.17) is 5.26 Å². The molecule has 8 heteroatoms. The third kappa shape index (κ3) is 6.65. The molecule has 2 aromatic carbocycles. The van der Waals surface area contributed by atoms with Gasteiger partial charge in [0, 0.05) is 43.7 Å². The van der Waals surface area contributed by atoms with Gasteiger partial charge in [0.25, 0.3) is 5.91 Å². The van der Waals surface area contributed by atoms with Crippen molar-refractivity contribution in [3.05, 3.63) is 71.0 Å². The number of piperazine rings is 1. The lowest BCUT2D eigenvalue weighted by Crippen LogP contribution is -2.54. The minimum Gasteiger partial charge on any atom is -0.340 e. The van der Waals surface area contributed by atoms with Crippen molar-refractivity contribution in [2.75, 3.05) is 39.8 Å². The zero-order valence-corrected chi connectivity index (χ0v) is 20.0. The second-order valence-electron chi connectivity index (χ2n) is 9.44. The fraction of sp³-hybridized carbons (Fsp3) is 0.444.